The van der Waals surface area contributed by atoms with E-state index in [2.05, 4.69) is 5.32 Å². The van der Waals surface area contributed by atoms with Crippen LogP contribution in [0.1, 0.15) is 44.6 Å². The van der Waals surface area contributed by atoms with Gasteiger partial charge in [-0.15, -0.1) is 0 Å². The van der Waals surface area contributed by atoms with Gasteiger partial charge in [-0.25, -0.2) is 0 Å². The number of carbonyl (C=O) groups is 1. The van der Waals surface area contributed by atoms with E-state index >= 15 is 0 Å². The van der Waals surface area contributed by atoms with Gasteiger partial charge in [0.1, 0.15) is 12.4 Å². The fourth-order valence-electron chi connectivity index (χ4n) is 2.67. The van der Waals surface area contributed by atoms with Gasteiger partial charge in [0.2, 0.25) is 5.91 Å². The highest BCUT2D eigenvalue weighted by Gasteiger charge is 2.35. The van der Waals surface area contributed by atoms with Crippen LogP contribution >= 0.6 is 0 Å². The van der Waals surface area contributed by atoms with Gasteiger partial charge in [-0.1, -0.05) is 37.0 Å². The quantitative estimate of drug-likeness (QED) is 0.876. The zero-order valence-electron chi connectivity index (χ0n) is 13.0. The summed E-state index contributed by atoms with van der Waals surface area (Å²) < 4.78 is 5.69. The summed E-state index contributed by atoms with van der Waals surface area (Å²) in [4.78, 5) is 12.3. The largest absolute Gasteiger partial charge is 0.491 e. The van der Waals surface area contributed by atoms with Gasteiger partial charge < -0.3 is 15.8 Å². The first-order valence-corrected chi connectivity index (χ1v) is 7.79. The Morgan fingerprint density at radius 1 is 1.29 bits per heavy atom. The van der Waals surface area contributed by atoms with E-state index in [1.165, 1.54) is 12.0 Å². The van der Waals surface area contributed by atoms with Crippen LogP contribution in [0.4, 0.5) is 0 Å². The van der Waals surface area contributed by atoms with Gasteiger partial charge in [-0.2, -0.15) is 0 Å². The first-order valence-electron chi connectivity index (χ1n) is 7.79. The SMILES string of the molecule is Cc1ccc(OCC(C)NC(=O)C2(N)CCCCC2)cc1. The number of aryl methyl sites for hydroxylation is 1. The van der Waals surface area contributed by atoms with Gasteiger partial charge in [0.25, 0.3) is 0 Å². The lowest BCUT2D eigenvalue weighted by Gasteiger charge is -2.33. The second kappa shape index (κ2) is 6.94. The second-order valence-corrected chi connectivity index (χ2v) is 6.22. The van der Waals surface area contributed by atoms with Gasteiger partial charge in [0, 0.05) is 0 Å². The minimum absolute atomic E-state index is 0.0396. The molecule has 1 unspecified atom stereocenters. The Hall–Kier alpha value is -1.55. The molecule has 0 saturated heterocycles. The van der Waals surface area contributed by atoms with Crippen molar-refractivity contribution in [2.75, 3.05) is 6.61 Å². The average Bonchev–Trinajstić information content (AvgIpc) is 2.47. The Kier molecular flexibility index (Phi) is 5.23. The lowest BCUT2D eigenvalue weighted by molar-refractivity contribution is -0.128. The number of amides is 1. The molecule has 0 aromatic heterocycles. The number of benzene rings is 1. The maximum atomic E-state index is 12.3. The fourth-order valence-corrected chi connectivity index (χ4v) is 2.67. The normalized spacial score (nSPS) is 18.8. The molecule has 1 aromatic rings. The Morgan fingerprint density at radius 3 is 2.52 bits per heavy atom. The van der Waals surface area contributed by atoms with E-state index in [9.17, 15) is 4.79 Å². The summed E-state index contributed by atoms with van der Waals surface area (Å²) in [6.45, 7) is 4.43. The van der Waals surface area contributed by atoms with Crippen LogP contribution in [-0.2, 0) is 4.79 Å². The lowest BCUT2D eigenvalue weighted by atomic mass is 9.82. The molecule has 0 radical (unpaired) electrons. The molecule has 4 heteroatoms. The van der Waals surface area contributed by atoms with Crippen molar-refractivity contribution in [1.29, 1.82) is 0 Å². The molecule has 1 aliphatic carbocycles. The van der Waals surface area contributed by atoms with E-state index < -0.39 is 5.54 Å². The summed E-state index contributed by atoms with van der Waals surface area (Å²) in [6, 6.07) is 7.84. The number of hydrogen-bond acceptors (Lipinski definition) is 3. The monoisotopic (exact) mass is 290 g/mol. The van der Waals surface area contributed by atoms with Gasteiger partial charge in [0.15, 0.2) is 0 Å². The van der Waals surface area contributed by atoms with E-state index in [4.69, 9.17) is 10.5 Å². The molecular weight excluding hydrogens is 264 g/mol. The lowest BCUT2D eigenvalue weighted by Crippen LogP contribution is -2.57. The van der Waals surface area contributed by atoms with Crippen LogP contribution in [0.15, 0.2) is 24.3 Å². The standard InChI is InChI=1S/C17H26N2O2/c1-13-6-8-15(9-7-13)21-12-14(2)19-16(20)17(18)10-4-3-5-11-17/h6-9,14H,3-5,10-12,18H2,1-2H3,(H,19,20). The molecule has 4 nitrogen and oxygen atoms in total. The topological polar surface area (TPSA) is 64.3 Å². The van der Waals surface area contributed by atoms with Crippen molar-refractivity contribution in [1.82, 2.24) is 5.32 Å². The number of rotatable bonds is 5. The molecule has 0 aliphatic heterocycles. The predicted molar refractivity (Wildman–Crippen MR) is 84.3 cm³/mol. The molecule has 21 heavy (non-hydrogen) atoms. The van der Waals surface area contributed by atoms with Gasteiger partial charge in [-0.3, -0.25) is 4.79 Å². The number of nitrogens with one attached hydrogen (secondary N) is 1. The molecule has 1 saturated carbocycles. The number of nitrogens with two attached hydrogens (primary N) is 1. The van der Waals surface area contributed by atoms with Crippen molar-refractivity contribution in [3.8, 4) is 5.75 Å². The molecule has 3 N–H and O–H groups in total. The average molecular weight is 290 g/mol. The van der Waals surface area contributed by atoms with Crippen molar-refractivity contribution in [3.63, 3.8) is 0 Å². The molecule has 116 valence electrons. The van der Waals surface area contributed by atoms with Crippen molar-refractivity contribution < 1.29 is 9.53 Å². The van der Waals surface area contributed by atoms with Gasteiger partial charge in [-0.05, 0) is 38.8 Å². The van der Waals surface area contributed by atoms with Crippen LogP contribution < -0.4 is 15.8 Å². The number of carbonyl (C=O) groups excluding carboxylic acids is 1. The molecule has 1 fully saturated rings. The van der Waals surface area contributed by atoms with E-state index in [0.29, 0.717) is 6.61 Å². The summed E-state index contributed by atoms with van der Waals surface area (Å²) in [5.74, 6) is 0.782. The Labute approximate surface area is 127 Å². The summed E-state index contributed by atoms with van der Waals surface area (Å²) >= 11 is 0. The summed E-state index contributed by atoms with van der Waals surface area (Å²) in [5, 5.41) is 2.98. The molecule has 2 rings (SSSR count). The third kappa shape index (κ3) is 4.46. The van der Waals surface area contributed by atoms with Crippen molar-refractivity contribution >= 4 is 5.91 Å². The smallest absolute Gasteiger partial charge is 0.240 e. The highest BCUT2D eigenvalue weighted by molar-refractivity contribution is 5.86. The Balaban J connectivity index is 1.79. The minimum atomic E-state index is -0.684. The van der Waals surface area contributed by atoms with Crippen molar-refractivity contribution in [2.45, 2.75) is 57.5 Å². The second-order valence-electron chi connectivity index (χ2n) is 6.22. The van der Waals surface area contributed by atoms with Crippen molar-refractivity contribution in [2.24, 2.45) is 5.73 Å². The molecule has 1 aliphatic rings. The molecular formula is C17H26N2O2. The zero-order chi connectivity index (χ0) is 15.3. The highest BCUT2D eigenvalue weighted by Crippen LogP contribution is 2.26. The van der Waals surface area contributed by atoms with E-state index in [1.54, 1.807) is 0 Å². The molecule has 1 aromatic carbocycles. The van der Waals surface area contributed by atoms with E-state index in [0.717, 1.165) is 31.4 Å². The van der Waals surface area contributed by atoms with Crippen LogP contribution in [0.25, 0.3) is 0 Å². The van der Waals surface area contributed by atoms with Crippen LogP contribution in [-0.4, -0.2) is 24.1 Å². The first-order chi connectivity index (χ1) is 9.99. The summed E-state index contributed by atoms with van der Waals surface area (Å²) in [7, 11) is 0. The molecule has 0 bridgehead atoms. The fraction of sp³-hybridized carbons (Fsp3) is 0.588. The number of ether oxygens (including phenoxy) is 1. The third-order valence-corrected chi connectivity index (χ3v) is 4.10. The van der Waals surface area contributed by atoms with Crippen LogP contribution in [0.2, 0.25) is 0 Å². The molecule has 0 heterocycles. The summed E-state index contributed by atoms with van der Waals surface area (Å²) in [6.07, 6.45) is 4.82. The predicted octanol–water partition coefficient (Wildman–Crippen LogP) is 2.54. The van der Waals surface area contributed by atoms with Crippen LogP contribution in [0.5, 0.6) is 5.75 Å². The Morgan fingerprint density at radius 2 is 1.90 bits per heavy atom. The third-order valence-electron chi connectivity index (χ3n) is 4.10. The molecule has 0 spiro atoms. The molecule has 1 atom stereocenters. The maximum absolute atomic E-state index is 12.3. The minimum Gasteiger partial charge on any atom is -0.491 e. The van der Waals surface area contributed by atoms with Crippen LogP contribution in [0, 0.1) is 6.92 Å². The number of hydrogen-bond donors (Lipinski definition) is 2. The van der Waals surface area contributed by atoms with Gasteiger partial charge >= 0.3 is 0 Å². The maximum Gasteiger partial charge on any atom is 0.240 e. The zero-order valence-corrected chi connectivity index (χ0v) is 13.0. The van der Waals surface area contributed by atoms with Crippen molar-refractivity contribution in [3.05, 3.63) is 29.8 Å². The highest BCUT2D eigenvalue weighted by atomic mass is 16.5. The van der Waals surface area contributed by atoms with Crippen LogP contribution in [0.3, 0.4) is 0 Å². The molecule has 1 amide bonds. The Bertz CT molecular complexity index is 464. The van der Waals surface area contributed by atoms with E-state index in [1.807, 2.05) is 38.1 Å². The first kappa shape index (κ1) is 15.8. The van der Waals surface area contributed by atoms with E-state index in [-0.39, 0.29) is 11.9 Å². The summed E-state index contributed by atoms with van der Waals surface area (Å²) in [5.41, 5.74) is 6.74. The van der Waals surface area contributed by atoms with Gasteiger partial charge in [0.05, 0.1) is 11.6 Å².